The minimum Gasteiger partial charge on any atom is -0.367 e. The van der Waals surface area contributed by atoms with Crippen LogP contribution in [0, 0.1) is 5.92 Å². The van der Waals surface area contributed by atoms with Gasteiger partial charge in [0.2, 0.25) is 10.0 Å². The summed E-state index contributed by atoms with van der Waals surface area (Å²) in [7, 11) is -3.50. The quantitative estimate of drug-likeness (QED) is 0.865. The number of hydrogen-bond donors (Lipinski definition) is 2. The van der Waals surface area contributed by atoms with E-state index in [1.165, 1.54) is 0 Å². The number of nitrogens with two attached hydrogens (primary N) is 1. The Morgan fingerprint density at radius 3 is 2.29 bits per heavy atom. The van der Waals surface area contributed by atoms with E-state index in [1.807, 2.05) is 30.9 Å². The Balaban J connectivity index is 2.28. The molecule has 1 fully saturated rings. The zero-order valence-corrected chi connectivity index (χ0v) is 13.9. The molecule has 1 heterocycles. The lowest BCUT2D eigenvalue weighted by Gasteiger charge is -2.52. The highest BCUT2D eigenvalue weighted by molar-refractivity contribution is 7.89. The Bertz CT molecular complexity index is 605. The fraction of sp³-hybridized carbons (Fsp3) is 0.600. The first-order chi connectivity index (χ1) is 9.66. The van der Waals surface area contributed by atoms with E-state index in [0.29, 0.717) is 23.9 Å². The largest absolute Gasteiger partial charge is 0.367 e. The second kappa shape index (κ2) is 5.59. The second-order valence-corrected chi connectivity index (χ2v) is 8.17. The number of sulfonamides is 1. The molecule has 1 aliphatic rings. The minimum absolute atomic E-state index is 0.135. The fourth-order valence-electron chi connectivity index (χ4n) is 2.52. The van der Waals surface area contributed by atoms with Crippen molar-refractivity contribution in [1.82, 2.24) is 4.72 Å². The molecular formula is C15H25N3O2S. The molecule has 5 nitrogen and oxygen atoms in total. The number of anilines is 1. The monoisotopic (exact) mass is 311 g/mol. The highest BCUT2D eigenvalue weighted by atomic mass is 32.2. The zero-order valence-electron chi connectivity index (χ0n) is 13.1. The van der Waals surface area contributed by atoms with Gasteiger partial charge in [0.15, 0.2) is 0 Å². The van der Waals surface area contributed by atoms with Gasteiger partial charge in [-0.25, -0.2) is 13.1 Å². The second-order valence-electron chi connectivity index (χ2n) is 6.49. The van der Waals surface area contributed by atoms with Crippen LogP contribution in [0.5, 0.6) is 0 Å². The van der Waals surface area contributed by atoms with Gasteiger partial charge >= 0.3 is 0 Å². The highest BCUT2D eigenvalue weighted by Crippen LogP contribution is 2.34. The normalized spacial score (nSPS) is 18.1. The molecule has 118 valence electrons. The summed E-state index contributed by atoms with van der Waals surface area (Å²) in [6.07, 6.45) is 0. The number of nitrogens with zero attached hydrogens (tertiary/aromatic N) is 1. The molecule has 1 aromatic rings. The number of benzene rings is 1. The summed E-state index contributed by atoms with van der Waals surface area (Å²) in [5.74, 6) is 0.367. The summed E-state index contributed by atoms with van der Waals surface area (Å²) in [6, 6.07) is 6.95. The molecule has 21 heavy (non-hydrogen) atoms. The Kier molecular flexibility index (Phi) is 4.33. The van der Waals surface area contributed by atoms with Crippen LogP contribution < -0.4 is 15.4 Å². The lowest BCUT2D eigenvalue weighted by atomic mass is 9.80. The van der Waals surface area contributed by atoms with E-state index in [0.717, 1.165) is 5.69 Å². The maximum atomic E-state index is 12.4. The molecule has 3 N–H and O–H groups in total. The highest BCUT2D eigenvalue weighted by Gasteiger charge is 2.43. The first-order valence-corrected chi connectivity index (χ1v) is 8.79. The van der Waals surface area contributed by atoms with Crippen molar-refractivity contribution >= 4 is 15.7 Å². The van der Waals surface area contributed by atoms with Crippen molar-refractivity contribution < 1.29 is 8.42 Å². The van der Waals surface area contributed by atoms with Gasteiger partial charge in [-0.2, -0.15) is 0 Å². The molecule has 6 heteroatoms. The van der Waals surface area contributed by atoms with Crippen molar-refractivity contribution in [3.05, 3.63) is 24.3 Å². The Hall–Kier alpha value is -1.11. The number of hydrogen-bond acceptors (Lipinski definition) is 4. The van der Waals surface area contributed by atoms with Crippen LogP contribution in [0.4, 0.5) is 5.69 Å². The molecule has 1 saturated heterocycles. The molecule has 0 amide bonds. The van der Waals surface area contributed by atoms with Crippen molar-refractivity contribution in [1.29, 1.82) is 0 Å². The molecule has 0 radical (unpaired) electrons. The van der Waals surface area contributed by atoms with Gasteiger partial charge in [0.25, 0.3) is 0 Å². The van der Waals surface area contributed by atoms with Crippen LogP contribution in [-0.2, 0) is 10.0 Å². The molecule has 0 aliphatic carbocycles. The predicted molar refractivity (Wildman–Crippen MR) is 85.9 cm³/mol. The number of nitrogens with one attached hydrogen (secondary N) is 1. The third kappa shape index (κ3) is 3.22. The molecule has 1 aromatic carbocycles. The van der Waals surface area contributed by atoms with Gasteiger partial charge in [0.1, 0.15) is 4.90 Å². The minimum atomic E-state index is -3.50. The van der Waals surface area contributed by atoms with Gasteiger partial charge in [-0.05, 0) is 31.9 Å². The first kappa shape index (κ1) is 16.3. The van der Waals surface area contributed by atoms with Gasteiger partial charge in [0.05, 0.1) is 11.2 Å². The van der Waals surface area contributed by atoms with Crippen molar-refractivity contribution in [3.63, 3.8) is 0 Å². The Morgan fingerprint density at radius 1 is 1.19 bits per heavy atom. The topological polar surface area (TPSA) is 75.4 Å². The summed E-state index contributed by atoms with van der Waals surface area (Å²) in [5, 5.41) is 0. The molecule has 0 saturated carbocycles. The summed E-state index contributed by atoms with van der Waals surface area (Å²) in [6.45, 7) is 9.18. The van der Waals surface area contributed by atoms with Crippen molar-refractivity contribution in [2.45, 2.75) is 44.2 Å². The summed E-state index contributed by atoms with van der Waals surface area (Å²) in [4.78, 5) is 2.36. The molecule has 0 spiro atoms. The van der Waals surface area contributed by atoms with Crippen LogP contribution in [0.25, 0.3) is 0 Å². The van der Waals surface area contributed by atoms with Crippen LogP contribution >= 0.6 is 0 Å². The van der Waals surface area contributed by atoms with E-state index in [9.17, 15) is 8.42 Å². The molecule has 0 unspecified atom stereocenters. The van der Waals surface area contributed by atoms with E-state index in [-0.39, 0.29) is 11.6 Å². The number of para-hydroxylation sites is 1. The van der Waals surface area contributed by atoms with E-state index in [4.69, 9.17) is 5.73 Å². The smallest absolute Gasteiger partial charge is 0.242 e. The molecule has 0 bridgehead atoms. The van der Waals surface area contributed by atoms with Gasteiger partial charge in [-0.3, -0.25) is 0 Å². The Labute approximate surface area is 127 Å². The van der Waals surface area contributed by atoms with Gasteiger partial charge < -0.3 is 10.6 Å². The van der Waals surface area contributed by atoms with Crippen molar-refractivity contribution in [2.75, 3.05) is 18.0 Å². The zero-order chi connectivity index (χ0) is 15.8. The third-order valence-electron chi connectivity index (χ3n) is 4.01. The van der Waals surface area contributed by atoms with Gasteiger partial charge in [-0.15, -0.1) is 0 Å². The predicted octanol–water partition coefficient (Wildman–Crippen LogP) is 1.55. The molecule has 0 aromatic heterocycles. The lowest BCUT2D eigenvalue weighted by molar-refractivity contribution is 0.244. The van der Waals surface area contributed by atoms with E-state index in [2.05, 4.69) is 18.6 Å². The van der Waals surface area contributed by atoms with E-state index < -0.39 is 10.0 Å². The van der Waals surface area contributed by atoms with Crippen LogP contribution in [0.3, 0.4) is 0 Å². The van der Waals surface area contributed by atoms with Crippen LogP contribution in [0.2, 0.25) is 0 Å². The SMILES string of the molecule is CC(C)NS(=O)(=O)c1ccccc1N1CC(N)(C(C)C)C1. The van der Waals surface area contributed by atoms with Crippen LogP contribution in [0.1, 0.15) is 27.7 Å². The average Bonchev–Trinajstić information content (AvgIpc) is 2.33. The molecular weight excluding hydrogens is 286 g/mol. The van der Waals surface area contributed by atoms with Crippen molar-refractivity contribution in [2.24, 2.45) is 11.7 Å². The van der Waals surface area contributed by atoms with E-state index in [1.54, 1.807) is 12.1 Å². The van der Waals surface area contributed by atoms with Gasteiger partial charge in [-0.1, -0.05) is 26.0 Å². The summed E-state index contributed by atoms with van der Waals surface area (Å²) in [5.41, 5.74) is 6.80. The van der Waals surface area contributed by atoms with Crippen LogP contribution in [-0.4, -0.2) is 33.1 Å². The summed E-state index contributed by atoms with van der Waals surface area (Å²) >= 11 is 0. The number of rotatable bonds is 5. The first-order valence-electron chi connectivity index (χ1n) is 7.31. The molecule has 1 aliphatic heterocycles. The standard InChI is InChI=1S/C15H25N3O2S/c1-11(2)15(16)9-18(10-15)13-7-5-6-8-14(13)21(19,20)17-12(3)4/h5-8,11-12,17H,9-10,16H2,1-4H3. The van der Waals surface area contributed by atoms with Crippen molar-refractivity contribution in [3.8, 4) is 0 Å². The van der Waals surface area contributed by atoms with Gasteiger partial charge in [0, 0.05) is 19.1 Å². The van der Waals surface area contributed by atoms with Crippen LogP contribution in [0.15, 0.2) is 29.2 Å². The maximum Gasteiger partial charge on any atom is 0.242 e. The van der Waals surface area contributed by atoms with E-state index >= 15 is 0 Å². The lowest BCUT2D eigenvalue weighted by Crippen LogP contribution is -2.70. The fourth-order valence-corrected chi connectivity index (χ4v) is 4.00. The molecule has 0 atom stereocenters. The average molecular weight is 311 g/mol. The Morgan fingerprint density at radius 2 is 1.76 bits per heavy atom. The third-order valence-corrected chi connectivity index (χ3v) is 5.71. The maximum absolute atomic E-state index is 12.4. The summed E-state index contributed by atoms with van der Waals surface area (Å²) < 4.78 is 27.5. The molecule has 2 rings (SSSR count).